The van der Waals surface area contributed by atoms with Gasteiger partial charge in [-0.25, -0.2) is 9.97 Å². The number of nitrogens with one attached hydrogen (secondary N) is 1. The minimum atomic E-state index is 0.00449. The van der Waals surface area contributed by atoms with Crippen LogP contribution in [-0.4, -0.2) is 28.0 Å². The van der Waals surface area contributed by atoms with E-state index in [2.05, 4.69) is 32.0 Å². The summed E-state index contributed by atoms with van der Waals surface area (Å²) in [5.74, 6) is 1.66. The number of nitriles is 1. The number of hydrogen-bond donors (Lipinski definition) is 1. The number of fused-ring (bicyclic) bond motifs is 1. The van der Waals surface area contributed by atoms with Gasteiger partial charge in [-0.1, -0.05) is 12.1 Å². The van der Waals surface area contributed by atoms with Crippen LogP contribution in [0.1, 0.15) is 55.0 Å². The number of aromatic amines is 1. The molecule has 2 fully saturated rings. The zero-order valence-corrected chi connectivity index (χ0v) is 16.7. The summed E-state index contributed by atoms with van der Waals surface area (Å²) in [5.41, 5.74) is 2.53. The second-order valence-electron chi connectivity index (χ2n) is 7.75. The molecule has 6 heteroatoms. The quantitative estimate of drug-likeness (QED) is 0.717. The number of anilines is 1. The molecule has 0 spiro atoms. The molecule has 3 aromatic rings. The lowest BCUT2D eigenvalue weighted by molar-refractivity contribution is 0.572. The Bertz CT molecular complexity index is 1100. The van der Waals surface area contributed by atoms with Crippen LogP contribution in [-0.2, 0) is 0 Å². The van der Waals surface area contributed by atoms with Crippen LogP contribution in [0.5, 0.6) is 0 Å². The molecule has 0 radical (unpaired) electrons. The van der Waals surface area contributed by atoms with Crippen molar-refractivity contribution in [2.24, 2.45) is 0 Å². The fourth-order valence-corrected chi connectivity index (χ4v) is 3.74. The normalized spacial score (nSPS) is 16.1. The van der Waals surface area contributed by atoms with E-state index < -0.39 is 0 Å². The van der Waals surface area contributed by atoms with Gasteiger partial charge in [0.05, 0.1) is 11.9 Å². The zero-order valence-electron chi connectivity index (χ0n) is 16.7. The molecular weight excluding hydrogens is 362 g/mol. The number of nitrogens with zero attached hydrogens (tertiary/aromatic N) is 4. The van der Waals surface area contributed by atoms with E-state index in [1.165, 1.54) is 37.7 Å². The molecule has 148 valence electrons. The number of rotatable bonds is 2. The molecule has 1 saturated heterocycles. The second-order valence-corrected chi connectivity index (χ2v) is 7.75. The highest BCUT2D eigenvalue weighted by atomic mass is 16.1. The first-order valence-electron chi connectivity index (χ1n) is 10.3. The smallest absolute Gasteiger partial charge is 0.255 e. The van der Waals surface area contributed by atoms with Crippen LogP contribution in [0.4, 0.5) is 5.82 Å². The highest BCUT2D eigenvalue weighted by molar-refractivity contribution is 5.82. The molecule has 1 aliphatic carbocycles. The highest BCUT2D eigenvalue weighted by Crippen LogP contribution is 2.40. The molecule has 0 unspecified atom stereocenters. The third-order valence-electron chi connectivity index (χ3n) is 5.57. The number of H-pyrrole nitrogens is 1. The lowest BCUT2D eigenvalue weighted by Crippen LogP contribution is -2.30. The predicted molar refractivity (Wildman–Crippen MR) is 114 cm³/mol. The maximum Gasteiger partial charge on any atom is 0.255 e. The van der Waals surface area contributed by atoms with Crippen LogP contribution < -0.4 is 10.5 Å². The van der Waals surface area contributed by atoms with E-state index in [9.17, 15) is 4.79 Å². The van der Waals surface area contributed by atoms with Crippen LogP contribution in [0.2, 0.25) is 0 Å². The molecular formula is C23H25N5O. The van der Waals surface area contributed by atoms with E-state index in [1.807, 2.05) is 25.1 Å². The Hall–Kier alpha value is -3.20. The van der Waals surface area contributed by atoms with E-state index in [0.717, 1.165) is 41.3 Å². The van der Waals surface area contributed by atoms with Gasteiger partial charge in [0.1, 0.15) is 11.9 Å². The van der Waals surface area contributed by atoms with Gasteiger partial charge in [-0.2, -0.15) is 5.26 Å². The third kappa shape index (κ3) is 4.45. The number of pyridine rings is 1. The van der Waals surface area contributed by atoms with Gasteiger partial charge in [0.2, 0.25) is 0 Å². The highest BCUT2D eigenvalue weighted by Gasteiger charge is 2.23. The summed E-state index contributed by atoms with van der Waals surface area (Å²) in [6.07, 6.45) is 9.77. The van der Waals surface area contributed by atoms with E-state index in [4.69, 9.17) is 5.26 Å². The lowest BCUT2D eigenvalue weighted by Gasteiger charge is -2.27. The Morgan fingerprint density at radius 2 is 1.97 bits per heavy atom. The molecule has 2 aliphatic rings. The van der Waals surface area contributed by atoms with Gasteiger partial charge >= 0.3 is 0 Å². The van der Waals surface area contributed by atoms with Crippen LogP contribution >= 0.6 is 0 Å². The largest absolute Gasteiger partial charge is 0.355 e. The summed E-state index contributed by atoms with van der Waals surface area (Å²) in [5, 5.41) is 10.6. The molecule has 1 N–H and O–H groups in total. The maximum absolute atomic E-state index is 11.4. The first kappa shape index (κ1) is 19.1. The average molecular weight is 387 g/mol. The third-order valence-corrected chi connectivity index (χ3v) is 5.57. The predicted octanol–water partition coefficient (Wildman–Crippen LogP) is 4.05. The lowest BCUT2D eigenvalue weighted by atomic mass is 10.1. The Kier molecular flexibility index (Phi) is 5.57. The minimum absolute atomic E-state index is 0.00449. The van der Waals surface area contributed by atoms with Crippen molar-refractivity contribution in [3.8, 4) is 6.07 Å². The molecule has 0 amide bonds. The summed E-state index contributed by atoms with van der Waals surface area (Å²) in [4.78, 5) is 24.9. The van der Waals surface area contributed by atoms with Gasteiger partial charge in [-0.3, -0.25) is 4.79 Å². The number of benzene rings is 1. The Morgan fingerprint density at radius 3 is 2.66 bits per heavy atom. The Morgan fingerprint density at radius 1 is 1.17 bits per heavy atom. The number of aryl methyl sites for hydroxylation is 1. The topological polar surface area (TPSA) is 85.7 Å². The SMILES string of the molecule is Cc1nc(N2CCCCC2)cnc1C#N.O=c1[nH]ccc2cc(C3CC3)ccc12. The van der Waals surface area contributed by atoms with Crippen molar-refractivity contribution < 1.29 is 0 Å². The minimum Gasteiger partial charge on any atom is -0.355 e. The van der Waals surface area contributed by atoms with Gasteiger partial charge in [0.25, 0.3) is 5.56 Å². The van der Waals surface area contributed by atoms with Crippen molar-refractivity contribution in [3.05, 3.63) is 64.0 Å². The van der Waals surface area contributed by atoms with Crippen molar-refractivity contribution >= 4 is 16.6 Å². The first-order valence-corrected chi connectivity index (χ1v) is 10.3. The Labute approximate surface area is 170 Å². The summed E-state index contributed by atoms with van der Waals surface area (Å²) in [6.45, 7) is 3.94. The Balaban J connectivity index is 0.000000141. The summed E-state index contributed by atoms with van der Waals surface area (Å²) in [7, 11) is 0. The molecule has 5 rings (SSSR count). The van der Waals surface area contributed by atoms with Crippen molar-refractivity contribution in [1.82, 2.24) is 15.0 Å². The monoisotopic (exact) mass is 387 g/mol. The standard InChI is InChI=1S/C12H11NO.C11H14N4/c14-12-11-4-3-9(8-1-2-8)7-10(11)5-6-13-12;1-9-10(7-12)13-8-11(14-9)15-5-3-2-4-6-15/h3-8H,1-2H2,(H,13,14);8H,2-6H2,1H3. The summed E-state index contributed by atoms with van der Waals surface area (Å²) < 4.78 is 0. The van der Waals surface area contributed by atoms with Crippen LogP contribution in [0.15, 0.2) is 41.5 Å². The van der Waals surface area contributed by atoms with E-state index in [-0.39, 0.29) is 5.56 Å². The maximum atomic E-state index is 11.4. The van der Waals surface area contributed by atoms with Gasteiger partial charge in [-0.15, -0.1) is 0 Å². The van der Waals surface area contributed by atoms with Crippen molar-refractivity contribution in [2.45, 2.75) is 44.9 Å². The fraction of sp³-hybridized carbons (Fsp3) is 0.391. The molecule has 0 atom stereocenters. The van der Waals surface area contributed by atoms with Crippen molar-refractivity contribution in [2.75, 3.05) is 18.0 Å². The molecule has 1 aromatic carbocycles. The van der Waals surface area contributed by atoms with Crippen molar-refractivity contribution in [1.29, 1.82) is 5.26 Å². The van der Waals surface area contributed by atoms with Crippen LogP contribution in [0.3, 0.4) is 0 Å². The number of hydrogen-bond acceptors (Lipinski definition) is 5. The fourth-order valence-electron chi connectivity index (χ4n) is 3.74. The summed E-state index contributed by atoms with van der Waals surface area (Å²) in [6, 6.07) is 10.1. The van der Waals surface area contributed by atoms with E-state index in [0.29, 0.717) is 5.69 Å². The molecule has 0 bridgehead atoms. The van der Waals surface area contributed by atoms with E-state index >= 15 is 0 Å². The molecule has 2 aromatic heterocycles. The zero-order chi connectivity index (χ0) is 20.2. The van der Waals surface area contributed by atoms with Crippen LogP contribution in [0.25, 0.3) is 10.8 Å². The second kappa shape index (κ2) is 8.44. The van der Waals surface area contributed by atoms with Crippen LogP contribution in [0, 0.1) is 18.3 Å². The molecule has 1 aliphatic heterocycles. The van der Waals surface area contributed by atoms with Gasteiger partial charge in [-0.05, 0) is 68.0 Å². The van der Waals surface area contributed by atoms with E-state index in [1.54, 1.807) is 12.4 Å². The number of aromatic nitrogens is 3. The first-order chi connectivity index (χ1) is 14.2. The van der Waals surface area contributed by atoms with Gasteiger partial charge in [0.15, 0.2) is 5.69 Å². The molecule has 29 heavy (non-hydrogen) atoms. The summed E-state index contributed by atoms with van der Waals surface area (Å²) >= 11 is 0. The molecule has 3 heterocycles. The van der Waals surface area contributed by atoms with Crippen molar-refractivity contribution in [3.63, 3.8) is 0 Å². The molecule has 1 saturated carbocycles. The van der Waals surface area contributed by atoms with Gasteiger partial charge in [0, 0.05) is 24.7 Å². The average Bonchev–Trinajstić information content (AvgIpc) is 3.60. The van der Waals surface area contributed by atoms with Gasteiger partial charge < -0.3 is 9.88 Å². The number of piperidine rings is 1. The molecule has 6 nitrogen and oxygen atoms in total.